The molecule has 0 radical (unpaired) electrons. The normalized spacial score (nSPS) is 17.2. The van der Waals surface area contributed by atoms with Crippen molar-refractivity contribution in [2.75, 3.05) is 26.3 Å². The number of aromatic nitrogens is 2. The van der Waals surface area contributed by atoms with Crippen LogP contribution in [-0.2, 0) is 4.74 Å². The van der Waals surface area contributed by atoms with Crippen LogP contribution in [0.5, 0.6) is 0 Å². The molecule has 1 saturated heterocycles. The maximum Gasteiger partial charge on any atom is 0.100 e. The second kappa shape index (κ2) is 6.55. The van der Waals surface area contributed by atoms with Crippen LogP contribution in [0, 0.1) is 0 Å². The Bertz CT molecular complexity index is 840. The third kappa shape index (κ3) is 2.71. The van der Waals surface area contributed by atoms with E-state index < -0.39 is 0 Å². The third-order valence-corrected chi connectivity index (χ3v) is 5.11. The van der Waals surface area contributed by atoms with E-state index >= 15 is 0 Å². The molecular formula is C19H20ClN3O. The van der Waals surface area contributed by atoms with Gasteiger partial charge in [-0.15, -0.1) is 0 Å². The first-order chi connectivity index (χ1) is 11.8. The number of ether oxygens (including phenoxy) is 1. The van der Waals surface area contributed by atoms with E-state index in [1.807, 2.05) is 30.3 Å². The molecule has 3 aromatic rings. The van der Waals surface area contributed by atoms with Gasteiger partial charge in [0.15, 0.2) is 0 Å². The molecule has 1 fully saturated rings. The lowest BCUT2D eigenvalue weighted by atomic mass is 9.97. The predicted molar refractivity (Wildman–Crippen MR) is 97.3 cm³/mol. The van der Waals surface area contributed by atoms with E-state index in [4.69, 9.17) is 16.3 Å². The lowest BCUT2D eigenvalue weighted by molar-refractivity contribution is 0.0201. The van der Waals surface area contributed by atoms with Crippen molar-refractivity contribution in [2.24, 2.45) is 0 Å². The molecule has 4 rings (SSSR count). The molecular weight excluding hydrogens is 322 g/mol. The van der Waals surface area contributed by atoms with Crippen LogP contribution in [0.15, 0.2) is 42.5 Å². The first-order valence-electron chi connectivity index (χ1n) is 8.29. The molecule has 1 aliphatic heterocycles. The number of nitrogens with one attached hydrogen (secondary N) is 1. The molecule has 24 heavy (non-hydrogen) atoms. The Labute approximate surface area is 146 Å². The van der Waals surface area contributed by atoms with Gasteiger partial charge in [-0.1, -0.05) is 41.9 Å². The maximum atomic E-state index is 6.63. The van der Waals surface area contributed by atoms with Crippen molar-refractivity contribution in [1.82, 2.24) is 15.1 Å². The van der Waals surface area contributed by atoms with E-state index in [-0.39, 0.29) is 6.04 Å². The number of rotatable bonds is 3. The second-order valence-electron chi connectivity index (χ2n) is 6.15. The van der Waals surface area contributed by atoms with Crippen LogP contribution in [0.1, 0.15) is 18.5 Å². The van der Waals surface area contributed by atoms with Gasteiger partial charge in [0.1, 0.15) is 5.69 Å². The molecule has 0 amide bonds. The number of benzene rings is 2. The zero-order valence-corrected chi connectivity index (χ0v) is 14.4. The Kier molecular flexibility index (Phi) is 4.27. The van der Waals surface area contributed by atoms with Gasteiger partial charge in [-0.25, -0.2) is 0 Å². The van der Waals surface area contributed by atoms with Crippen molar-refractivity contribution in [3.63, 3.8) is 0 Å². The van der Waals surface area contributed by atoms with Crippen molar-refractivity contribution >= 4 is 22.5 Å². The minimum Gasteiger partial charge on any atom is -0.379 e. The molecule has 1 N–H and O–H groups in total. The highest BCUT2D eigenvalue weighted by atomic mass is 35.5. The summed E-state index contributed by atoms with van der Waals surface area (Å²) in [6, 6.07) is 14.4. The van der Waals surface area contributed by atoms with E-state index in [2.05, 4.69) is 34.2 Å². The molecule has 1 aromatic heterocycles. The molecule has 5 heteroatoms. The van der Waals surface area contributed by atoms with Gasteiger partial charge in [0, 0.05) is 35.1 Å². The summed E-state index contributed by atoms with van der Waals surface area (Å²) in [6.07, 6.45) is 0. The minimum absolute atomic E-state index is 0.213. The van der Waals surface area contributed by atoms with Crippen molar-refractivity contribution < 1.29 is 4.74 Å². The van der Waals surface area contributed by atoms with Crippen LogP contribution in [0.3, 0.4) is 0 Å². The molecule has 0 spiro atoms. The van der Waals surface area contributed by atoms with Gasteiger partial charge in [0.05, 0.1) is 18.7 Å². The fourth-order valence-electron chi connectivity index (χ4n) is 3.48. The average Bonchev–Trinajstić information content (AvgIpc) is 3.06. The number of hydrogen-bond donors (Lipinski definition) is 1. The van der Waals surface area contributed by atoms with Crippen LogP contribution in [-0.4, -0.2) is 41.4 Å². The van der Waals surface area contributed by atoms with Crippen molar-refractivity contribution in [3.05, 3.63) is 53.1 Å². The summed E-state index contributed by atoms with van der Waals surface area (Å²) in [5, 5.41) is 9.64. The lowest BCUT2D eigenvalue weighted by Crippen LogP contribution is -2.38. The topological polar surface area (TPSA) is 41.2 Å². The summed E-state index contributed by atoms with van der Waals surface area (Å²) < 4.78 is 5.49. The zero-order valence-electron chi connectivity index (χ0n) is 13.6. The number of morpholine rings is 1. The highest BCUT2D eigenvalue weighted by molar-refractivity contribution is 6.32. The van der Waals surface area contributed by atoms with Crippen LogP contribution < -0.4 is 0 Å². The number of hydrogen-bond acceptors (Lipinski definition) is 3. The molecule has 2 aromatic carbocycles. The summed E-state index contributed by atoms with van der Waals surface area (Å²) in [5.74, 6) is 0. The number of fused-ring (bicyclic) bond motifs is 1. The molecule has 0 bridgehead atoms. The monoisotopic (exact) mass is 341 g/mol. The molecule has 0 saturated carbocycles. The van der Waals surface area contributed by atoms with Gasteiger partial charge in [-0.3, -0.25) is 10.00 Å². The molecule has 1 unspecified atom stereocenters. The highest BCUT2D eigenvalue weighted by Gasteiger charge is 2.25. The van der Waals surface area contributed by atoms with Crippen molar-refractivity contribution in [2.45, 2.75) is 13.0 Å². The van der Waals surface area contributed by atoms with E-state index in [1.165, 1.54) is 0 Å². The fourth-order valence-corrected chi connectivity index (χ4v) is 3.79. The van der Waals surface area contributed by atoms with Crippen LogP contribution in [0.2, 0.25) is 5.02 Å². The summed E-state index contributed by atoms with van der Waals surface area (Å²) in [7, 11) is 0. The standard InChI is InChI=1S/C19H20ClN3O/c1-13(23-9-11-24-12-10-23)17-15(20)7-8-16-18(17)19(22-21-16)14-5-3-2-4-6-14/h2-8,13H,9-12H2,1H3,(H,21,22). The maximum absolute atomic E-state index is 6.63. The summed E-state index contributed by atoms with van der Waals surface area (Å²) in [5.41, 5.74) is 4.22. The minimum atomic E-state index is 0.213. The van der Waals surface area contributed by atoms with E-state index in [0.29, 0.717) is 0 Å². The SMILES string of the molecule is CC(c1c(Cl)ccc2[nH]nc(-c3ccccc3)c12)N1CCOCC1. The molecule has 124 valence electrons. The molecule has 4 nitrogen and oxygen atoms in total. The first-order valence-corrected chi connectivity index (χ1v) is 8.67. The van der Waals surface area contributed by atoms with E-state index in [9.17, 15) is 0 Å². The molecule has 0 aliphatic carbocycles. The highest BCUT2D eigenvalue weighted by Crippen LogP contribution is 2.38. The molecule has 1 aliphatic rings. The smallest absolute Gasteiger partial charge is 0.100 e. The number of aromatic amines is 1. The van der Waals surface area contributed by atoms with Crippen LogP contribution >= 0.6 is 11.6 Å². The first kappa shape index (κ1) is 15.6. The van der Waals surface area contributed by atoms with Crippen LogP contribution in [0.4, 0.5) is 0 Å². The van der Waals surface area contributed by atoms with E-state index in [0.717, 1.165) is 59.0 Å². The Hall–Kier alpha value is -1.88. The van der Waals surface area contributed by atoms with Crippen molar-refractivity contribution in [3.8, 4) is 11.3 Å². The van der Waals surface area contributed by atoms with Gasteiger partial charge in [0.25, 0.3) is 0 Å². The Morgan fingerprint density at radius 3 is 2.62 bits per heavy atom. The Morgan fingerprint density at radius 1 is 1.12 bits per heavy atom. The molecule has 1 atom stereocenters. The number of nitrogens with zero attached hydrogens (tertiary/aromatic N) is 2. The zero-order chi connectivity index (χ0) is 16.5. The van der Waals surface area contributed by atoms with Gasteiger partial charge in [-0.2, -0.15) is 5.10 Å². The fraction of sp³-hybridized carbons (Fsp3) is 0.316. The summed E-state index contributed by atoms with van der Waals surface area (Å²) in [4.78, 5) is 2.42. The van der Waals surface area contributed by atoms with Crippen molar-refractivity contribution in [1.29, 1.82) is 0 Å². The van der Waals surface area contributed by atoms with E-state index in [1.54, 1.807) is 0 Å². The Balaban J connectivity index is 1.87. The number of halogens is 1. The third-order valence-electron chi connectivity index (χ3n) is 4.78. The second-order valence-corrected chi connectivity index (χ2v) is 6.55. The molecule has 2 heterocycles. The van der Waals surface area contributed by atoms with Gasteiger partial charge >= 0.3 is 0 Å². The largest absolute Gasteiger partial charge is 0.379 e. The van der Waals surface area contributed by atoms with Gasteiger partial charge in [0.2, 0.25) is 0 Å². The van der Waals surface area contributed by atoms with Gasteiger partial charge < -0.3 is 4.74 Å². The quantitative estimate of drug-likeness (QED) is 0.773. The summed E-state index contributed by atoms with van der Waals surface area (Å²) >= 11 is 6.63. The number of H-pyrrole nitrogens is 1. The van der Waals surface area contributed by atoms with Crippen LogP contribution in [0.25, 0.3) is 22.2 Å². The lowest BCUT2D eigenvalue weighted by Gasteiger charge is -2.33. The predicted octanol–water partition coefficient (Wildman–Crippen LogP) is 4.28. The van der Waals surface area contributed by atoms with Gasteiger partial charge in [-0.05, 0) is 24.6 Å². The average molecular weight is 342 g/mol. The Morgan fingerprint density at radius 2 is 1.88 bits per heavy atom. The summed E-state index contributed by atoms with van der Waals surface area (Å²) in [6.45, 7) is 5.61.